The average Bonchev–Trinajstić information content (AvgIpc) is 3.87. The van der Waals surface area contributed by atoms with Gasteiger partial charge in [0.15, 0.2) is 0 Å². The summed E-state index contributed by atoms with van der Waals surface area (Å²) in [5.74, 6) is -0.603. The maximum atomic E-state index is 16.1. The molecule has 57 heavy (non-hydrogen) atoms. The third kappa shape index (κ3) is 7.90. The molecular formula is C37H29ClF4N6O7S2. The molecule has 0 saturated carbocycles. The SMILES string of the molecule is COc1ccc(CN(c2nncs2)S(=O)(=O)c2cc(Cl)c(Oc3ccc(-c4ccc(C(F)(F)F)cc4)cc3-c3ccnn3C3CN(C(=O)O)C3)cc2F)c(OC)c1. The summed E-state index contributed by atoms with van der Waals surface area (Å²) < 4.78 is 104. The van der Waals surface area contributed by atoms with Crippen LogP contribution in [0.15, 0.2) is 95.5 Å². The second-order valence-corrected chi connectivity index (χ2v) is 15.6. The topological polar surface area (TPSA) is 149 Å². The van der Waals surface area contributed by atoms with Crippen LogP contribution in [-0.4, -0.2) is 71.8 Å². The van der Waals surface area contributed by atoms with Crippen molar-refractivity contribution < 1.29 is 50.1 Å². The van der Waals surface area contributed by atoms with E-state index in [1.165, 1.54) is 49.0 Å². The van der Waals surface area contributed by atoms with Gasteiger partial charge in [0.25, 0.3) is 10.0 Å². The number of benzene rings is 4. The van der Waals surface area contributed by atoms with Gasteiger partial charge in [-0.05, 0) is 59.7 Å². The van der Waals surface area contributed by atoms with Crippen LogP contribution in [0.25, 0.3) is 22.4 Å². The molecule has 1 amide bonds. The standard InChI is InChI=1S/C37H29ClF4N6O7S2/c1-53-26-9-5-23(32(14-26)54-2)17-47(35-45-43-20-56-35)57(51,52)34-15-28(38)33(16-29(34)39)55-31-10-6-22(21-3-7-24(8-4-21)37(40,41)42)13-27(31)30-11-12-44-48(30)25-18-46(19-25)36(49)50/h3-16,20,25H,17-19H2,1-2H3,(H,49,50). The maximum Gasteiger partial charge on any atom is 0.416 e. The van der Waals surface area contributed by atoms with Gasteiger partial charge in [-0.2, -0.15) is 18.3 Å². The van der Waals surface area contributed by atoms with Gasteiger partial charge in [-0.25, -0.2) is 21.9 Å². The van der Waals surface area contributed by atoms with Crippen molar-refractivity contribution in [3.63, 3.8) is 0 Å². The summed E-state index contributed by atoms with van der Waals surface area (Å²) in [5, 5.41) is 21.1. The highest BCUT2D eigenvalue weighted by Crippen LogP contribution is 2.42. The van der Waals surface area contributed by atoms with Crippen molar-refractivity contribution >= 4 is 44.2 Å². The normalized spacial score (nSPS) is 13.3. The summed E-state index contributed by atoms with van der Waals surface area (Å²) >= 11 is 7.55. The molecule has 2 aromatic heterocycles. The zero-order chi connectivity index (χ0) is 40.6. The number of hydrogen-bond acceptors (Lipinski definition) is 10. The minimum atomic E-state index is -4.71. The molecule has 1 N–H and O–H groups in total. The van der Waals surface area contributed by atoms with Crippen LogP contribution in [0.1, 0.15) is 17.2 Å². The van der Waals surface area contributed by atoms with Gasteiger partial charge in [0.2, 0.25) is 5.13 Å². The molecule has 6 aromatic rings. The molecule has 3 heterocycles. The molecule has 0 atom stereocenters. The maximum absolute atomic E-state index is 16.1. The van der Waals surface area contributed by atoms with Gasteiger partial charge < -0.3 is 24.2 Å². The second kappa shape index (κ2) is 15.5. The first-order valence-electron chi connectivity index (χ1n) is 16.7. The Kier molecular flexibility index (Phi) is 10.7. The van der Waals surface area contributed by atoms with E-state index in [4.69, 9.17) is 25.8 Å². The van der Waals surface area contributed by atoms with E-state index < -0.39 is 38.6 Å². The monoisotopic (exact) mass is 844 g/mol. The Morgan fingerprint density at radius 2 is 1.70 bits per heavy atom. The Bertz CT molecular complexity index is 2550. The third-order valence-electron chi connectivity index (χ3n) is 9.09. The number of methoxy groups -OCH3 is 2. The predicted octanol–water partition coefficient (Wildman–Crippen LogP) is 8.62. The van der Waals surface area contributed by atoms with Gasteiger partial charge >= 0.3 is 12.3 Å². The quantitative estimate of drug-likeness (QED) is 0.119. The van der Waals surface area contributed by atoms with E-state index in [1.54, 1.807) is 41.1 Å². The van der Waals surface area contributed by atoms with Crippen LogP contribution in [0.5, 0.6) is 23.0 Å². The molecule has 0 bridgehead atoms. The lowest BCUT2D eigenvalue weighted by Crippen LogP contribution is -2.50. The largest absolute Gasteiger partial charge is 0.497 e. The number of carboxylic acid groups (broad SMARTS) is 1. The number of anilines is 1. The van der Waals surface area contributed by atoms with E-state index in [0.717, 1.165) is 39.9 Å². The number of nitrogens with zero attached hydrogens (tertiary/aromatic N) is 6. The zero-order valence-corrected chi connectivity index (χ0v) is 32.0. The minimum Gasteiger partial charge on any atom is -0.497 e. The Balaban J connectivity index is 1.26. The summed E-state index contributed by atoms with van der Waals surface area (Å²) in [4.78, 5) is 11.9. The van der Waals surface area contributed by atoms with Gasteiger partial charge in [-0.15, -0.1) is 10.2 Å². The fraction of sp³-hybridized carbons (Fsp3) is 0.189. The van der Waals surface area contributed by atoms with Crippen molar-refractivity contribution in [3.8, 4) is 45.4 Å². The van der Waals surface area contributed by atoms with Crippen LogP contribution in [0.3, 0.4) is 0 Å². The van der Waals surface area contributed by atoms with Crippen molar-refractivity contribution in [1.29, 1.82) is 0 Å². The fourth-order valence-corrected chi connectivity index (χ4v) is 8.64. The van der Waals surface area contributed by atoms with Crippen LogP contribution in [0.2, 0.25) is 5.02 Å². The molecule has 1 fully saturated rings. The lowest BCUT2D eigenvalue weighted by atomic mass is 9.99. The summed E-state index contributed by atoms with van der Waals surface area (Å²) in [6.45, 7) is -0.0380. The number of amides is 1. The molecule has 0 radical (unpaired) electrons. The van der Waals surface area contributed by atoms with Crippen LogP contribution >= 0.6 is 22.9 Å². The average molecular weight is 845 g/mol. The van der Waals surface area contributed by atoms with Crippen molar-refractivity contribution in [3.05, 3.63) is 113 Å². The number of sulfonamides is 1. The molecule has 13 nitrogen and oxygen atoms in total. The van der Waals surface area contributed by atoms with Crippen LogP contribution < -0.4 is 18.5 Å². The number of halogens is 5. The summed E-state index contributed by atoms with van der Waals surface area (Å²) in [6.07, 6.45) is -4.14. The highest BCUT2D eigenvalue weighted by molar-refractivity contribution is 7.93. The first-order valence-corrected chi connectivity index (χ1v) is 19.4. The van der Waals surface area contributed by atoms with E-state index in [2.05, 4.69) is 15.3 Å². The lowest BCUT2D eigenvalue weighted by molar-refractivity contribution is -0.137. The highest BCUT2D eigenvalue weighted by atomic mass is 35.5. The minimum absolute atomic E-state index is 0.0592. The number of rotatable bonds is 12. The zero-order valence-electron chi connectivity index (χ0n) is 29.6. The van der Waals surface area contributed by atoms with E-state index in [0.29, 0.717) is 39.4 Å². The van der Waals surface area contributed by atoms with Crippen LogP contribution in [-0.2, 0) is 22.7 Å². The molecule has 1 saturated heterocycles. The molecule has 7 rings (SSSR count). The smallest absolute Gasteiger partial charge is 0.416 e. The molecule has 1 aliphatic rings. The highest BCUT2D eigenvalue weighted by Gasteiger charge is 2.35. The summed E-state index contributed by atoms with van der Waals surface area (Å²) in [7, 11) is -1.84. The Labute approximate surface area is 331 Å². The number of aromatic nitrogens is 4. The van der Waals surface area contributed by atoms with Crippen molar-refractivity contribution in [2.75, 3.05) is 31.6 Å². The first-order chi connectivity index (χ1) is 27.2. The molecular weight excluding hydrogens is 816 g/mol. The molecule has 0 spiro atoms. The van der Waals surface area contributed by atoms with Gasteiger partial charge in [-0.1, -0.05) is 41.1 Å². The number of likely N-dealkylation sites (tertiary alicyclic amines) is 1. The van der Waals surface area contributed by atoms with Gasteiger partial charge in [-0.3, -0.25) is 4.68 Å². The van der Waals surface area contributed by atoms with Gasteiger partial charge in [0.1, 0.15) is 39.2 Å². The molecule has 0 unspecified atom stereocenters. The first kappa shape index (κ1) is 39.3. The Morgan fingerprint density at radius 1 is 0.965 bits per heavy atom. The predicted molar refractivity (Wildman–Crippen MR) is 201 cm³/mol. The molecule has 4 aromatic carbocycles. The molecule has 1 aliphatic heterocycles. The van der Waals surface area contributed by atoms with Crippen LogP contribution in [0, 0.1) is 5.82 Å². The fourth-order valence-electron chi connectivity index (χ4n) is 6.13. The van der Waals surface area contributed by atoms with E-state index in [-0.39, 0.29) is 47.3 Å². The molecule has 296 valence electrons. The van der Waals surface area contributed by atoms with E-state index in [1.807, 2.05) is 0 Å². The van der Waals surface area contributed by atoms with Crippen molar-refractivity contribution in [2.24, 2.45) is 0 Å². The number of hydrogen-bond donors (Lipinski definition) is 1. The third-order valence-corrected chi connectivity index (χ3v) is 12.0. The van der Waals surface area contributed by atoms with Gasteiger partial charge in [0.05, 0.1) is 43.1 Å². The molecule has 20 heteroatoms. The Morgan fingerprint density at radius 3 is 2.35 bits per heavy atom. The number of alkyl halides is 3. The second-order valence-electron chi connectivity index (χ2n) is 12.5. The van der Waals surface area contributed by atoms with Gasteiger partial charge in [0, 0.05) is 42.5 Å². The van der Waals surface area contributed by atoms with Crippen molar-refractivity contribution in [1.82, 2.24) is 24.9 Å². The molecule has 0 aliphatic carbocycles. The van der Waals surface area contributed by atoms with E-state index in [9.17, 15) is 31.5 Å². The Hall–Kier alpha value is -5.92. The number of carbonyl (C=O) groups is 1. The van der Waals surface area contributed by atoms with Crippen molar-refractivity contribution in [2.45, 2.75) is 23.7 Å². The summed E-state index contributed by atoms with van der Waals surface area (Å²) in [5.41, 5.74) is 2.63. The lowest BCUT2D eigenvalue weighted by Gasteiger charge is -2.37. The summed E-state index contributed by atoms with van der Waals surface area (Å²) in [6, 6.07) is 17.1. The van der Waals surface area contributed by atoms with Crippen LogP contribution in [0.4, 0.5) is 27.5 Å². The van der Waals surface area contributed by atoms with E-state index >= 15 is 4.39 Å². The number of ether oxygens (including phenoxy) is 3.